The van der Waals surface area contributed by atoms with Gasteiger partial charge in [-0.15, -0.1) is 0 Å². The summed E-state index contributed by atoms with van der Waals surface area (Å²) in [5, 5.41) is 5.49. The Balaban J connectivity index is 1.86. The van der Waals surface area contributed by atoms with Gasteiger partial charge in [0.2, 0.25) is 15.9 Å². The van der Waals surface area contributed by atoms with E-state index in [-0.39, 0.29) is 71.1 Å². The number of hydrogen-bond acceptors (Lipinski definition) is 9. The van der Waals surface area contributed by atoms with Gasteiger partial charge < -0.3 is 15.5 Å². The predicted octanol–water partition coefficient (Wildman–Crippen LogP) is 1.88. The van der Waals surface area contributed by atoms with E-state index in [1.165, 1.54) is 31.3 Å². The van der Waals surface area contributed by atoms with Crippen LogP contribution >= 0.6 is 0 Å². The summed E-state index contributed by atoms with van der Waals surface area (Å²) in [7, 11) is -4.39. The van der Waals surface area contributed by atoms with Crippen LogP contribution in [0.5, 0.6) is 0 Å². The lowest BCUT2D eigenvalue weighted by atomic mass is 10.1. The van der Waals surface area contributed by atoms with Gasteiger partial charge >= 0.3 is 5.69 Å². The summed E-state index contributed by atoms with van der Waals surface area (Å²) < 4.78 is 56.7. The number of piperazine rings is 1. The van der Waals surface area contributed by atoms with Crippen molar-refractivity contribution in [2.24, 2.45) is 5.14 Å². The first-order valence-electron chi connectivity index (χ1n) is 12.7. The van der Waals surface area contributed by atoms with E-state index in [4.69, 9.17) is 10.9 Å². The van der Waals surface area contributed by atoms with Gasteiger partial charge in [0.25, 0.3) is 0 Å². The Morgan fingerprint density at radius 2 is 1.90 bits per heavy atom. The van der Waals surface area contributed by atoms with Crippen molar-refractivity contribution in [1.82, 2.24) is 24.4 Å². The standard InChI is InChI=1S/C27H26F2N8O4S/c1-4-21(38)35-10-11-36(14(2)13-35)25-16-12-18(29)23(22-17(28)6-5-7-19(22)30)33-26(16)37(27(39)34-25)24-15(3)32-9-8-20(24)42(31,40)41/h4-9,12,14H,1,10-11,13,30H2,2-3H3,(H2,31,40,41)/t14-/m0/s1. The van der Waals surface area contributed by atoms with Crippen molar-refractivity contribution in [3.63, 3.8) is 0 Å². The highest BCUT2D eigenvalue weighted by Crippen LogP contribution is 2.35. The van der Waals surface area contributed by atoms with E-state index in [9.17, 15) is 22.4 Å². The number of hydrogen-bond donors (Lipinski definition) is 2. The molecule has 4 N–H and O–H groups in total. The molecule has 1 fully saturated rings. The minimum absolute atomic E-state index is 0.0183. The van der Waals surface area contributed by atoms with E-state index in [0.717, 1.165) is 22.8 Å². The molecule has 3 aromatic heterocycles. The third-order valence-electron chi connectivity index (χ3n) is 7.07. The fourth-order valence-corrected chi connectivity index (χ4v) is 5.89. The third-order valence-corrected chi connectivity index (χ3v) is 8.01. The lowest BCUT2D eigenvalue weighted by Gasteiger charge is -2.40. The summed E-state index contributed by atoms with van der Waals surface area (Å²) in [4.78, 5) is 41.5. The van der Waals surface area contributed by atoms with Crippen LogP contribution in [0.2, 0.25) is 0 Å². The summed E-state index contributed by atoms with van der Waals surface area (Å²) in [6.07, 6.45) is 2.41. The molecule has 1 atom stereocenters. The number of halogens is 2. The van der Waals surface area contributed by atoms with Crippen molar-refractivity contribution in [1.29, 1.82) is 0 Å². The first-order chi connectivity index (χ1) is 19.8. The fourth-order valence-electron chi connectivity index (χ4n) is 5.13. The Hall–Kier alpha value is -4.76. The normalized spacial score (nSPS) is 15.7. The van der Waals surface area contributed by atoms with Crippen LogP contribution in [0.15, 0.2) is 58.9 Å². The lowest BCUT2D eigenvalue weighted by Crippen LogP contribution is -2.54. The van der Waals surface area contributed by atoms with Crippen LogP contribution in [0.4, 0.5) is 20.3 Å². The Kier molecular flexibility index (Phi) is 7.24. The van der Waals surface area contributed by atoms with Crippen molar-refractivity contribution in [2.45, 2.75) is 24.8 Å². The molecule has 1 aliphatic heterocycles. The quantitative estimate of drug-likeness (QED) is 0.258. The maximum atomic E-state index is 15.8. The second-order valence-electron chi connectivity index (χ2n) is 9.77. The number of nitrogens with zero attached hydrogens (tertiary/aromatic N) is 6. The zero-order valence-electron chi connectivity index (χ0n) is 22.6. The first-order valence-corrected chi connectivity index (χ1v) is 14.2. The van der Waals surface area contributed by atoms with Crippen LogP contribution in [0.25, 0.3) is 28.0 Å². The second-order valence-corrected chi connectivity index (χ2v) is 11.3. The van der Waals surface area contributed by atoms with Crippen LogP contribution in [-0.2, 0) is 14.8 Å². The number of aromatic nitrogens is 4. The number of carbonyl (C=O) groups is 1. The van der Waals surface area contributed by atoms with Crippen molar-refractivity contribution in [3.05, 3.63) is 77.0 Å². The van der Waals surface area contributed by atoms with Crippen LogP contribution in [0, 0.1) is 18.6 Å². The maximum Gasteiger partial charge on any atom is 0.355 e. The molecule has 5 rings (SSSR count). The summed E-state index contributed by atoms with van der Waals surface area (Å²) in [6, 6.07) is 5.57. The number of nitrogens with two attached hydrogens (primary N) is 2. The summed E-state index contributed by atoms with van der Waals surface area (Å²) in [5.74, 6) is -2.04. The minimum atomic E-state index is -4.39. The molecule has 15 heteroatoms. The van der Waals surface area contributed by atoms with E-state index in [0.29, 0.717) is 0 Å². The number of amides is 1. The van der Waals surface area contributed by atoms with Crippen molar-refractivity contribution >= 4 is 38.5 Å². The smallest absolute Gasteiger partial charge is 0.355 e. The highest BCUT2D eigenvalue weighted by Gasteiger charge is 2.31. The molecule has 0 bridgehead atoms. The summed E-state index contributed by atoms with van der Waals surface area (Å²) in [6.45, 7) is 7.51. The van der Waals surface area contributed by atoms with Gasteiger partial charge in [0, 0.05) is 37.6 Å². The second kappa shape index (κ2) is 10.6. The molecule has 1 amide bonds. The number of rotatable bonds is 5. The molecule has 0 unspecified atom stereocenters. The molecule has 0 spiro atoms. The molecule has 4 heterocycles. The molecule has 4 aromatic rings. The largest absolute Gasteiger partial charge is 0.398 e. The number of anilines is 2. The molecular weight excluding hydrogens is 570 g/mol. The zero-order chi connectivity index (χ0) is 30.5. The van der Waals surface area contributed by atoms with Gasteiger partial charge in [-0.1, -0.05) is 12.6 Å². The number of benzene rings is 1. The zero-order valence-corrected chi connectivity index (χ0v) is 23.4. The fraction of sp³-hybridized carbons (Fsp3) is 0.222. The molecule has 42 heavy (non-hydrogen) atoms. The number of carbonyl (C=O) groups excluding carboxylic acids is 1. The minimum Gasteiger partial charge on any atom is -0.398 e. The van der Waals surface area contributed by atoms with Crippen molar-refractivity contribution < 1.29 is 22.0 Å². The van der Waals surface area contributed by atoms with Crippen LogP contribution in [0.1, 0.15) is 12.6 Å². The van der Waals surface area contributed by atoms with Crippen LogP contribution in [0.3, 0.4) is 0 Å². The van der Waals surface area contributed by atoms with Crippen molar-refractivity contribution in [3.8, 4) is 16.9 Å². The summed E-state index contributed by atoms with van der Waals surface area (Å²) >= 11 is 0. The number of pyridine rings is 2. The van der Waals surface area contributed by atoms with Gasteiger partial charge in [-0.05, 0) is 44.2 Å². The molecular formula is C27H26F2N8O4S. The Morgan fingerprint density at radius 1 is 1.17 bits per heavy atom. The van der Waals surface area contributed by atoms with Gasteiger partial charge in [0.15, 0.2) is 11.5 Å². The predicted molar refractivity (Wildman–Crippen MR) is 152 cm³/mol. The maximum absolute atomic E-state index is 15.8. The molecule has 1 saturated heterocycles. The summed E-state index contributed by atoms with van der Waals surface area (Å²) in [5.41, 5.74) is 3.67. The number of primary sulfonamides is 1. The SMILES string of the molecule is C=CC(=O)N1CCN(c2nc(=O)n(-c3c(S(N)(=O)=O)ccnc3C)c3nc(-c4c(N)cccc4F)c(F)cc23)[C@@H](C)C1. The highest BCUT2D eigenvalue weighted by molar-refractivity contribution is 7.89. The van der Waals surface area contributed by atoms with Crippen molar-refractivity contribution in [2.75, 3.05) is 30.3 Å². The lowest BCUT2D eigenvalue weighted by molar-refractivity contribution is -0.126. The van der Waals surface area contributed by atoms with E-state index in [2.05, 4.69) is 21.5 Å². The van der Waals surface area contributed by atoms with E-state index in [1.807, 2.05) is 0 Å². The Labute approximate surface area is 239 Å². The van der Waals surface area contributed by atoms with E-state index in [1.54, 1.807) is 16.7 Å². The molecule has 0 radical (unpaired) electrons. The van der Waals surface area contributed by atoms with Crippen LogP contribution in [-0.4, -0.2) is 64.4 Å². The van der Waals surface area contributed by atoms with Gasteiger partial charge in [-0.3, -0.25) is 9.78 Å². The monoisotopic (exact) mass is 596 g/mol. The van der Waals surface area contributed by atoms with Crippen LogP contribution < -0.4 is 21.5 Å². The van der Waals surface area contributed by atoms with E-state index < -0.39 is 37.9 Å². The van der Waals surface area contributed by atoms with Gasteiger partial charge in [0.05, 0.1) is 22.3 Å². The average Bonchev–Trinajstić information content (AvgIpc) is 2.92. The number of fused-ring (bicyclic) bond motifs is 1. The Bertz CT molecular complexity index is 1930. The van der Waals surface area contributed by atoms with Gasteiger partial charge in [0.1, 0.15) is 22.2 Å². The molecule has 0 aliphatic carbocycles. The first kappa shape index (κ1) is 28.8. The number of nitrogen functional groups attached to an aromatic ring is 1. The molecule has 218 valence electrons. The topological polar surface area (TPSA) is 170 Å². The average molecular weight is 597 g/mol. The molecule has 1 aromatic carbocycles. The Morgan fingerprint density at radius 3 is 2.55 bits per heavy atom. The number of aryl methyl sites for hydroxylation is 1. The molecule has 0 saturated carbocycles. The van der Waals surface area contributed by atoms with Gasteiger partial charge in [-0.2, -0.15) is 4.98 Å². The molecule has 1 aliphatic rings. The third kappa shape index (κ3) is 4.86. The number of sulfonamides is 1. The highest BCUT2D eigenvalue weighted by atomic mass is 32.2. The molecule has 12 nitrogen and oxygen atoms in total. The van der Waals surface area contributed by atoms with E-state index >= 15 is 4.39 Å². The van der Waals surface area contributed by atoms with Gasteiger partial charge in [-0.25, -0.2) is 36.7 Å².